The van der Waals surface area contributed by atoms with Crippen LogP contribution in [0.25, 0.3) is 0 Å². The molecule has 4 heteroatoms. The van der Waals surface area contributed by atoms with Gasteiger partial charge in [-0.3, -0.25) is 0 Å². The van der Waals surface area contributed by atoms with Crippen molar-refractivity contribution in [1.29, 1.82) is 0 Å². The Balaban J connectivity index is 2.01. The topological polar surface area (TPSA) is 58.3 Å². The molecule has 4 N–H and O–H groups in total. The van der Waals surface area contributed by atoms with E-state index in [-0.39, 0.29) is 6.10 Å². The van der Waals surface area contributed by atoms with Crippen molar-refractivity contribution in [2.45, 2.75) is 32.3 Å². The van der Waals surface area contributed by atoms with Crippen LogP contribution in [0.15, 0.2) is 16.6 Å². The molecule has 1 fully saturated rings. The third kappa shape index (κ3) is 2.93. The second kappa shape index (κ2) is 5.27. The van der Waals surface area contributed by atoms with Crippen molar-refractivity contribution in [3.05, 3.63) is 22.2 Å². The van der Waals surface area contributed by atoms with Crippen molar-refractivity contribution in [3.8, 4) is 0 Å². The fourth-order valence-corrected chi connectivity index (χ4v) is 2.83. The maximum absolute atomic E-state index is 9.76. The summed E-state index contributed by atoms with van der Waals surface area (Å²) in [5.41, 5.74) is 8.75. The van der Waals surface area contributed by atoms with Gasteiger partial charge in [-0.25, -0.2) is 0 Å². The van der Waals surface area contributed by atoms with Crippen molar-refractivity contribution >= 4 is 27.3 Å². The maximum atomic E-state index is 9.76. The van der Waals surface area contributed by atoms with Crippen LogP contribution in [0, 0.1) is 12.8 Å². The number of halogens is 1. The first-order chi connectivity index (χ1) is 8.08. The number of rotatable bonds is 3. The van der Waals surface area contributed by atoms with E-state index in [1.165, 1.54) is 0 Å². The lowest BCUT2D eigenvalue weighted by atomic mass is 10.1. The number of aliphatic hydroxyl groups excluding tert-OH is 1. The van der Waals surface area contributed by atoms with Crippen LogP contribution in [0.3, 0.4) is 0 Å². The highest BCUT2D eigenvalue weighted by Gasteiger charge is 2.24. The normalized spacial score (nSPS) is 23.9. The van der Waals surface area contributed by atoms with Crippen LogP contribution in [-0.2, 0) is 0 Å². The Morgan fingerprint density at radius 3 is 2.88 bits per heavy atom. The molecule has 0 aliphatic heterocycles. The molecule has 0 bridgehead atoms. The summed E-state index contributed by atoms with van der Waals surface area (Å²) in [6.45, 7) is 2.82. The van der Waals surface area contributed by atoms with E-state index >= 15 is 0 Å². The van der Waals surface area contributed by atoms with Crippen molar-refractivity contribution in [2.24, 2.45) is 5.92 Å². The molecule has 1 aliphatic rings. The number of nitrogens with two attached hydrogens (primary N) is 1. The molecule has 2 rings (SSSR count). The molecule has 2 unspecified atom stereocenters. The number of aryl methyl sites for hydroxylation is 1. The highest BCUT2D eigenvalue weighted by molar-refractivity contribution is 9.10. The van der Waals surface area contributed by atoms with Gasteiger partial charge in [0, 0.05) is 28.3 Å². The summed E-state index contributed by atoms with van der Waals surface area (Å²) < 4.78 is 0.980. The second-order valence-corrected chi connectivity index (χ2v) is 5.68. The van der Waals surface area contributed by atoms with Crippen molar-refractivity contribution < 1.29 is 5.11 Å². The molecule has 17 heavy (non-hydrogen) atoms. The molecule has 3 nitrogen and oxygen atoms in total. The summed E-state index contributed by atoms with van der Waals surface area (Å²) in [5.74, 6) is 0.375. The fraction of sp³-hybridized carbons (Fsp3) is 0.538. The van der Waals surface area contributed by atoms with Gasteiger partial charge in [-0.05, 0) is 53.4 Å². The summed E-state index contributed by atoms with van der Waals surface area (Å²) in [6.07, 6.45) is 3.04. The summed E-state index contributed by atoms with van der Waals surface area (Å²) in [6, 6.07) is 3.96. The summed E-state index contributed by atoms with van der Waals surface area (Å²) in [4.78, 5) is 0. The molecule has 94 valence electrons. The first-order valence-electron chi connectivity index (χ1n) is 6.05. The molecule has 2 atom stereocenters. The fourth-order valence-electron chi connectivity index (χ4n) is 2.33. The number of nitrogens with one attached hydrogen (secondary N) is 1. The average molecular weight is 299 g/mol. The lowest BCUT2D eigenvalue weighted by Crippen LogP contribution is -2.22. The van der Waals surface area contributed by atoms with Crippen LogP contribution in [0.4, 0.5) is 11.4 Å². The van der Waals surface area contributed by atoms with E-state index in [1.54, 1.807) is 0 Å². The standard InChI is InChI=1S/C13H19BrN2O/c1-8-5-12(10(14)6-11(8)15)16-7-9-3-2-4-13(9)17/h5-6,9,13,16-17H,2-4,7,15H2,1H3. The van der Waals surface area contributed by atoms with Crippen LogP contribution in [0.2, 0.25) is 0 Å². The minimum atomic E-state index is -0.142. The van der Waals surface area contributed by atoms with Gasteiger partial charge in [0.15, 0.2) is 0 Å². The van der Waals surface area contributed by atoms with Gasteiger partial charge in [-0.2, -0.15) is 0 Å². The maximum Gasteiger partial charge on any atom is 0.0585 e. The molecular formula is C13H19BrN2O. The average Bonchev–Trinajstić information content (AvgIpc) is 2.68. The Morgan fingerprint density at radius 1 is 1.47 bits per heavy atom. The van der Waals surface area contributed by atoms with Crippen molar-refractivity contribution in [1.82, 2.24) is 0 Å². The summed E-state index contributed by atoms with van der Waals surface area (Å²) in [7, 11) is 0. The number of hydrogen-bond acceptors (Lipinski definition) is 3. The molecule has 0 spiro atoms. The van der Waals surface area contributed by atoms with Crippen LogP contribution in [0.5, 0.6) is 0 Å². The van der Waals surface area contributed by atoms with E-state index in [2.05, 4.69) is 21.2 Å². The van der Waals surface area contributed by atoms with E-state index in [1.807, 2.05) is 19.1 Å². The molecule has 1 aromatic carbocycles. The SMILES string of the molecule is Cc1cc(NCC2CCCC2O)c(Br)cc1N. The highest BCUT2D eigenvalue weighted by atomic mass is 79.9. The Labute approximate surface area is 111 Å². The number of benzene rings is 1. The Hall–Kier alpha value is -0.740. The Kier molecular flexibility index (Phi) is 3.94. The number of hydrogen-bond donors (Lipinski definition) is 3. The zero-order chi connectivity index (χ0) is 12.4. The Morgan fingerprint density at radius 2 is 2.24 bits per heavy atom. The van der Waals surface area contributed by atoms with E-state index in [9.17, 15) is 5.11 Å². The molecule has 1 saturated carbocycles. The van der Waals surface area contributed by atoms with E-state index in [0.29, 0.717) is 5.92 Å². The Bertz CT molecular complexity index is 409. The van der Waals surface area contributed by atoms with Crippen LogP contribution in [-0.4, -0.2) is 17.8 Å². The zero-order valence-electron chi connectivity index (χ0n) is 10.0. The number of aliphatic hydroxyl groups is 1. The van der Waals surface area contributed by atoms with Crippen LogP contribution in [0.1, 0.15) is 24.8 Å². The van der Waals surface area contributed by atoms with Crippen molar-refractivity contribution in [2.75, 3.05) is 17.6 Å². The van der Waals surface area contributed by atoms with Gasteiger partial charge >= 0.3 is 0 Å². The first-order valence-corrected chi connectivity index (χ1v) is 6.85. The van der Waals surface area contributed by atoms with E-state index in [0.717, 1.165) is 47.2 Å². The van der Waals surface area contributed by atoms with Gasteiger partial charge in [0.25, 0.3) is 0 Å². The van der Waals surface area contributed by atoms with Gasteiger partial charge in [0.05, 0.1) is 6.10 Å². The minimum absolute atomic E-state index is 0.142. The predicted molar refractivity (Wildman–Crippen MR) is 75.1 cm³/mol. The minimum Gasteiger partial charge on any atom is -0.398 e. The lowest BCUT2D eigenvalue weighted by molar-refractivity contribution is 0.138. The van der Waals surface area contributed by atoms with Gasteiger partial charge in [0.1, 0.15) is 0 Å². The van der Waals surface area contributed by atoms with Gasteiger partial charge in [0.2, 0.25) is 0 Å². The predicted octanol–water partition coefficient (Wildman–Crippen LogP) is 2.91. The third-order valence-electron chi connectivity index (χ3n) is 3.53. The zero-order valence-corrected chi connectivity index (χ0v) is 11.6. The van der Waals surface area contributed by atoms with E-state index in [4.69, 9.17) is 5.73 Å². The highest BCUT2D eigenvalue weighted by Crippen LogP contribution is 2.30. The van der Waals surface area contributed by atoms with Gasteiger partial charge in [-0.15, -0.1) is 0 Å². The second-order valence-electron chi connectivity index (χ2n) is 4.83. The number of nitrogen functional groups attached to an aromatic ring is 1. The molecule has 0 saturated heterocycles. The first kappa shape index (κ1) is 12.7. The molecular weight excluding hydrogens is 280 g/mol. The summed E-state index contributed by atoms with van der Waals surface area (Å²) in [5, 5.41) is 13.2. The van der Waals surface area contributed by atoms with Gasteiger partial charge < -0.3 is 16.2 Å². The largest absolute Gasteiger partial charge is 0.398 e. The van der Waals surface area contributed by atoms with Gasteiger partial charge in [-0.1, -0.05) is 6.42 Å². The van der Waals surface area contributed by atoms with E-state index < -0.39 is 0 Å². The smallest absolute Gasteiger partial charge is 0.0585 e. The molecule has 1 aliphatic carbocycles. The summed E-state index contributed by atoms with van der Waals surface area (Å²) >= 11 is 3.50. The molecule has 1 aromatic rings. The monoisotopic (exact) mass is 298 g/mol. The quantitative estimate of drug-likeness (QED) is 0.752. The molecule has 0 heterocycles. The molecule has 0 amide bonds. The lowest BCUT2D eigenvalue weighted by Gasteiger charge is -2.17. The number of anilines is 2. The molecule has 0 aromatic heterocycles. The van der Waals surface area contributed by atoms with Crippen LogP contribution >= 0.6 is 15.9 Å². The van der Waals surface area contributed by atoms with Crippen LogP contribution < -0.4 is 11.1 Å². The van der Waals surface area contributed by atoms with Crippen molar-refractivity contribution in [3.63, 3.8) is 0 Å². The third-order valence-corrected chi connectivity index (χ3v) is 4.19. The molecule has 0 radical (unpaired) electrons.